The van der Waals surface area contributed by atoms with Crippen molar-refractivity contribution in [3.63, 3.8) is 0 Å². The molecule has 0 spiro atoms. The van der Waals surface area contributed by atoms with Gasteiger partial charge in [0.25, 0.3) is 5.91 Å². The Labute approximate surface area is 153 Å². The number of rotatable bonds is 3. The zero-order valence-corrected chi connectivity index (χ0v) is 14.4. The molecular weight excluding hydrogens is 369 g/mol. The number of amides is 1. The number of anilines is 1. The first kappa shape index (κ1) is 16.7. The van der Waals surface area contributed by atoms with Crippen molar-refractivity contribution in [2.75, 3.05) is 5.32 Å². The molecule has 0 saturated carbocycles. The summed E-state index contributed by atoms with van der Waals surface area (Å²) in [5, 5.41) is 3.78. The molecule has 24 heavy (non-hydrogen) atoms. The van der Waals surface area contributed by atoms with Crippen LogP contribution in [0, 0.1) is 0 Å². The van der Waals surface area contributed by atoms with Crippen LogP contribution in [0.15, 0.2) is 54.9 Å². The van der Waals surface area contributed by atoms with Crippen LogP contribution in [0.1, 0.15) is 10.4 Å². The maximum Gasteiger partial charge on any atom is 0.258 e. The van der Waals surface area contributed by atoms with Crippen molar-refractivity contribution < 1.29 is 4.79 Å². The zero-order chi connectivity index (χ0) is 17.1. The number of halogens is 3. The number of pyridine rings is 2. The van der Waals surface area contributed by atoms with Gasteiger partial charge in [0.05, 0.1) is 27.0 Å². The number of para-hydroxylation sites is 1. The second-order valence-electron chi connectivity index (χ2n) is 4.83. The van der Waals surface area contributed by atoms with Crippen LogP contribution in [0.5, 0.6) is 0 Å². The van der Waals surface area contributed by atoms with Crippen molar-refractivity contribution in [2.24, 2.45) is 0 Å². The lowest BCUT2D eigenvalue weighted by molar-refractivity contribution is 0.102. The van der Waals surface area contributed by atoms with Crippen molar-refractivity contribution in [3.05, 3.63) is 75.6 Å². The summed E-state index contributed by atoms with van der Waals surface area (Å²) in [5.74, 6) is -0.370. The number of hydrogen-bond donors (Lipinski definition) is 1. The summed E-state index contributed by atoms with van der Waals surface area (Å²) in [7, 11) is 0. The van der Waals surface area contributed by atoms with E-state index in [4.69, 9.17) is 34.8 Å². The molecule has 0 radical (unpaired) electrons. The normalized spacial score (nSPS) is 10.5. The van der Waals surface area contributed by atoms with Crippen molar-refractivity contribution in [1.29, 1.82) is 0 Å². The molecule has 3 aromatic rings. The first-order valence-electron chi connectivity index (χ1n) is 6.88. The molecule has 0 aliphatic rings. The van der Waals surface area contributed by atoms with E-state index in [9.17, 15) is 4.79 Å². The Morgan fingerprint density at radius 3 is 2.54 bits per heavy atom. The average Bonchev–Trinajstić information content (AvgIpc) is 2.56. The summed E-state index contributed by atoms with van der Waals surface area (Å²) in [6.45, 7) is 0. The standard InChI is InChI=1S/C17H10Cl3N3O/c18-10-8-13(19)15(22-9-10)11-4-1-2-6-14(11)23-17(24)12-5-3-7-21-16(12)20/h1-9H,(H,23,24). The summed E-state index contributed by atoms with van der Waals surface area (Å²) < 4.78 is 0. The van der Waals surface area contributed by atoms with Crippen molar-refractivity contribution >= 4 is 46.4 Å². The van der Waals surface area contributed by atoms with Crippen LogP contribution in [0.3, 0.4) is 0 Å². The van der Waals surface area contributed by atoms with E-state index in [2.05, 4.69) is 15.3 Å². The van der Waals surface area contributed by atoms with E-state index in [1.807, 2.05) is 12.1 Å². The molecule has 4 nitrogen and oxygen atoms in total. The van der Waals surface area contributed by atoms with Gasteiger partial charge in [-0.05, 0) is 24.3 Å². The summed E-state index contributed by atoms with van der Waals surface area (Å²) in [5.41, 5.74) is 2.03. The van der Waals surface area contributed by atoms with Gasteiger partial charge in [0.1, 0.15) is 5.15 Å². The zero-order valence-electron chi connectivity index (χ0n) is 12.1. The van der Waals surface area contributed by atoms with Gasteiger partial charge in [-0.3, -0.25) is 9.78 Å². The highest BCUT2D eigenvalue weighted by molar-refractivity contribution is 6.36. The fraction of sp³-hybridized carbons (Fsp3) is 0. The van der Waals surface area contributed by atoms with Gasteiger partial charge < -0.3 is 5.32 Å². The number of carbonyl (C=O) groups is 1. The van der Waals surface area contributed by atoms with Gasteiger partial charge in [0, 0.05) is 18.0 Å². The fourth-order valence-corrected chi connectivity index (χ4v) is 2.84. The molecule has 0 saturated heterocycles. The molecular formula is C17H10Cl3N3O. The largest absolute Gasteiger partial charge is 0.321 e. The number of nitrogens with one attached hydrogen (secondary N) is 1. The number of hydrogen-bond acceptors (Lipinski definition) is 3. The molecule has 7 heteroatoms. The molecule has 1 aromatic carbocycles. The predicted octanol–water partition coefficient (Wildman–Crippen LogP) is 5.36. The minimum absolute atomic E-state index is 0.134. The Hall–Kier alpha value is -2.14. The van der Waals surface area contributed by atoms with Crippen LogP contribution in [0.25, 0.3) is 11.3 Å². The molecule has 0 unspecified atom stereocenters. The third-order valence-corrected chi connectivity index (χ3v) is 4.04. The van der Waals surface area contributed by atoms with Gasteiger partial charge in [-0.2, -0.15) is 0 Å². The molecule has 0 aliphatic heterocycles. The monoisotopic (exact) mass is 377 g/mol. The summed E-state index contributed by atoms with van der Waals surface area (Å²) in [6.07, 6.45) is 3.02. The van der Waals surface area contributed by atoms with Gasteiger partial charge in [-0.1, -0.05) is 53.0 Å². The van der Waals surface area contributed by atoms with Gasteiger partial charge in [-0.25, -0.2) is 4.98 Å². The van der Waals surface area contributed by atoms with E-state index >= 15 is 0 Å². The maximum atomic E-state index is 12.4. The van der Waals surface area contributed by atoms with Crippen LogP contribution in [0.2, 0.25) is 15.2 Å². The summed E-state index contributed by atoms with van der Waals surface area (Å²) >= 11 is 18.1. The van der Waals surface area contributed by atoms with Gasteiger partial charge in [0.2, 0.25) is 0 Å². The van der Waals surface area contributed by atoms with Gasteiger partial charge in [0.15, 0.2) is 0 Å². The second kappa shape index (κ2) is 7.18. The molecule has 2 heterocycles. The molecule has 0 fully saturated rings. The van der Waals surface area contributed by atoms with E-state index < -0.39 is 0 Å². The molecule has 3 rings (SSSR count). The van der Waals surface area contributed by atoms with E-state index in [-0.39, 0.29) is 16.6 Å². The number of benzene rings is 1. The molecule has 2 aromatic heterocycles. The van der Waals surface area contributed by atoms with E-state index in [0.717, 1.165) is 0 Å². The Balaban J connectivity index is 1.98. The Kier molecular flexibility index (Phi) is 5.00. The lowest BCUT2D eigenvalue weighted by Gasteiger charge is -2.12. The highest BCUT2D eigenvalue weighted by Gasteiger charge is 2.15. The van der Waals surface area contributed by atoms with Crippen LogP contribution >= 0.6 is 34.8 Å². The predicted molar refractivity (Wildman–Crippen MR) is 96.9 cm³/mol. The maximum absolute atomic E-state index is 12.4. The van der Waals surface area contributed by atoms with Gasteiger partial charge in [-0.15, -0.1) is 0 Å². The van der Waals surface area contributed by atoms with Crippen LogP contribution in [-0.2, 0) is 0 Å². The topological polar surface area (TPSA) is 54.9 Å². The van der Waals surface area contributed by atoms with E-state index in [1.165, 1.54) is 12.4 Å². The molecule has 0 aliphatic carbocycles. The Bertz CT molecular complexity index is 915. The van der Waals surface area contributed by atoms with E-state index in [0.29, 0.717) is 27.0 Å². The van der Waals surface area contributed by atoms with Crippen molar-refractivity contribution in [1.82, 2.24) is 9.97 Å². The lowest BCUT2D eigenvalue weighted by atomic mass is 10.1. The molecule has 0 bridgehead atoms. The minimum atomic E-state index is -0.370. The SMILES string of the molecule is O=C(Nc1ccccc1-c1ncc(Cl)cc1Cl)c1cccnc1Cl. The summed E-state index contributed by atoms with van der Waals surface area (Å²) in [6, 6.07) is 12.0. The quantitative estimate of drug-likeness (QED) is 0.624. The van der Waals surface area contributed by atoms with Crippen LogP contribution < -0.4 is 5.32 Å². The first-order valence-corrected chi connectivity index (χ1v) is 8.02. The minimum Gasteiger partial charge on any atom is -0.321 e. The molecule has 0 atom stereocenters. The highest BCUT2D eigenvalue weighted by atomic mass is 35.5. The number of aromatic nitrogens is 2. The molecule has 1 amide bonds. The van der Waals surface area contributed by atoms with Gasteiger partial charge >= 0.3 is 0 Å². The third-order valence-electron chi connectivity index (χ3n) is 3.24. The smallest absolute Gasteiger partial charge is 0.258 e. The average molecular weight is 379 g/mol. The lowest BCUT2D eigenvalue weighted by Crippen LogP contribution is -2.13. The number of carbonyl (C=O) groups excluding carboxylic acids is 1. The molecule has 120 valence electrons. The Morgan fingerprint density at radius 1 is 1.00 bits per heavy atom. The van der Waals surface area contributed by atoms with Crippen LogP contribution in [-0.4, -0.2) is 15.9 Å². The first-order chi connectivity index (χ1) is 11.6. The highest BCUT2D eigenvalue weighted by Crippen LogP contribution is 2.33. The van der Waals surface area contributed by atoms with E-state index in [1.54, 1.807) is 30.3 Å². The Morgan fingerprint density at radius 2 is 1.79 bits per heavy atom. The fourth-order valence-electron chi connectivity index (χ4n) is 2.16. The summed E-state index contributed by atoms with van der Waals surface area (Å²) in [4.78, 5) is 20.6. The third kappa shape index (κ3) is 3.51. The van der Waals surface area contributed by atoms with Crippen molar-refractivity contribution in [2.45, 2.75) is 0 Å². The molecule has 1 N–H and O–H groups in total. The number of nitrogens with zero attached hydrogens (tertiary/aromatic N) is 2. The van der Waals surface area contributed by atoms with Crippen LogP contribution in [0.4, 0.5) is 5.69 Å². The second-order valence-corrected chi connectivity index (χ2v) is 6.03. The van der Waals surface area contributed by atoms with Crippen molar-refractivity contribution in [3.8, 4) is 11.3 Å².